The maximum Gasteiger partial charge on any atom is 0.236 e. The van der Waals surface area contributed by atoms with Crippen LogP contribution in [0.4, 0.5) is 5.13 Å². The summed E-state index contributed by atoms with van der Waals surface area (Å²) in [7, 11) is 0. The van der Waals surface area contributed by atoms with Gasteiger partial charge in [0.1, 0.15) is 5.01 Å². The largest absolute Gasteiger partial charge is 0.301 e. The highest BCUT2D eigenvalue weighted by molar-refractivity contribution is 7.99. The molecule has 0 saturated carbocycles. The van der Waals surface area contributed by atoms with E-state index in [1.54, 1.807) is 29.3 Å². The lowest BCUT2D eigenvalue weighted by atomic mass is 10.3. The highest BCUT2D eigenvalue weighted by Gasteiger charge is 2.07. The van der Waals surface area contributed by atoms with Crippen LogP contribution in [0.1, 0.15) is 5.01 Å². The number of nitrogens with zero attached hydrogens (tertiary/aromatic N) is 2. The van der Waals surface area contributed by atoms with Crippen molar-refractivity contribution in [1.82, 2.24) is 9.97 Å². The molecule has 0 aliphatic carbocycles. The number of rotatable bonds is 5. The second-order valence-electron chi connectivity index (χ2n) is 3.95. The van der Waals surface area contributed by atoms with Crippen LogP contribution in [0.2, 0.25) is 0 Å². The Balaban J connectivity index is 1.51. The van der Waals surface area contributed by atoms with Crippen molar-refractivity contribution in [3.8, 4) is 0 Å². The van der Waals surface area contributed by atoms with Crippen LogP contribution in [0.15, 0.2) is 35.8 Å². The summed E-state index contributed by atoms with van der Waals surface area (Å²) in [4.78, 5) is 20.2. The second-order valence-corrected chi connectivity index (χ2v) is 6.95. The monoisotopic (exact) mass is 321 g/mol. The van der Waals surface area contributed by atoms with Gasteiger partial charge in [-0.15, -0.1) is 34.4 Å². The standard InChI is InChI=1S/C13H11N3OS3/c17-11(16-13-14-5-6-19-13)7-18-8-12-15-9-3-1-2-4-10(9)20-12/h1-6H,7-8H2,(H,14,16,17). The van der Waals surface area contributed by atoms with Gasteiger partial charge in [-0.25, -0.2) is 9.97 Å². The first-order valence-electron chi connectivity index (χ1n) is 5.93. The normalized spacial score (nSPS) is 10.8. The van der Waals surface area contributed by atoms with Gasteiger partial charge in [-0.1, -0.05) is 12.1 Å². The maximum absolute atomic E-state index is 11.7. The number of fused-ring (bicyclic) bond motifs is 1. The molecule has 0 aliphatic heterocycles. The summed E-state index contributed by atoms with van der Waals surface area (Å²) in [5, 5.41) is 6.31. The molecule has 0 unspecified atom stereocenters. The number of hydrogen-bond donors (Lipinski definition) is 1. The van der Waals surface area contributed by atoms with Crippen LogP contribution in [-0.4, -0.2) is 21.6 Å². The van der Waals surface area contributed by atoms with E-state index in [0.29, 0.717) is 10.9 Å². The number of thioether (sulfide) groups is 1. The molecule has 1 aromatic carbocycles. The maximum atomic E-state index is 11.7. The van der Waals surface area contributed by atoms with Crippen LogP contribution in [-0.2, 0) is 10.5 Å². The van der Waals surface area contributed by atoms with Crippen LogP contribution in [0.3, 0.4) is 0 Å². The highest BCUT2D eigenvalue weighted by atomic mass is 32.2. The molecule has 4 nitrogen and oxygen atoms in total. The Labute approximate surface area is 128 Å². The number of carbonyl (C=O) groups excluding carboxylic acids is 1. The van der Waals surface area contributed by atoms with E-state index in [2.05, 4.69) is 21.4 Å². The summed E-state index contributed by atoms with van der Waals surface area (Å²) in [5.41, 5.74) is 1.03. The predicted molar refractivity (Wildman–Crippen MR) is 86.5 cm³/mol. The molecule has 0 atom stereocenters. The Morgan fingerprint density at radius 2 is 2.25 bits per heavy atom. The fourth-order valence-electron chi connectivity index (χ4n) is 1.65. The van der Waals surface area contributed by atoms with Crippen molar-refractivity contribution in [3.05, 3.63) is 40.8 Å². The molecule has 1 amide bonds. The molecule has 2 aromatic heterocycles. The fourth-order valence-corrected chi connectivity index (χ4v) is 4.05. The first kappa shape index (κ1) is 13.5. The van der Waals surface area contributed by atoms with Gasteiger partial charge in [0.25, 0.3) is 0 Å². The second kappa shape index (κ2) is 6.34. The van der Waals surface area contributed by atoms with Gasteiger partial charge in [0.2, 0.25) is 5.91 Å². The lowest BCUT2D eigenvalue weighted by Gasteiger charge is -2.00. The van der Waals surface area contributed by atoms with Crippen molar-refractivity contribution in [3.63, 3.8) is 0 Å². The van der Waals surface area contributed by atoms with E-state index in [9.17, 15) is 4.79 Å². The molecule has 3 aromatic rings. The quantitative estimate of drug-likeness (QED) is 0.780. The lowest BCUT2D eigenvalue weighted by molar-refractivity contribution is -0.113. The zero-order valence-electron chi connectivity index (χ0n) is 10.4. The summed E-state index contributed by atoms with van der Waals surface area (Å²) in [6, 6.07) is 8.07. The predicted octanol–water partition coefficient (Wildman–Crippen LogP) is 3.62. The summed E-state index contributed by atoms with van der Waals surface area (Å²) >= 11 is 4.67. The van der Waals surface area contributed by atoms with Gasteiger partial charge in [0.05, 0.1) is 16.0 Å². The number of aromatic nitrogens is 2. The number of benzene rings is 1. The molecular weight excluding hydrogens is 310 g/mol. The van der Waals surface area contributed by atoms with Gasteiger partial charge in [-0.2, -0.15) is 0 Å². The fraction of sp³-hybridized carbons (Fsp3) is 0.154. The van der Waals surface area contributed by atoms with Crippen molar-refractivity contribution in [2.24, 2.45) is 0 Å². The summed E-state index contributed by atoms with van der Waals surface area (Å²) in [6.07, 6.45) is 1.68. The van der Waals surface area contributed by atoms with Gasteiger partial charge in [0.15, 0.2) is 5.13 Å². The number of amides is 1. The zero-order chi connectivity index (χ0) is 13.8. The third-order valence-corrected chi connectivity index (χ3v) is 5.33. The SMILES string of the molecule is O=C(CSCc1nc2ccccc2s1)Nc1nccs1. The molecule has 20 heavy (non-hydrogen) atoms. The molecular formula is C13H11N3OS3. The van der Waals surface area contributed by atoms with Crippen molar-refractivity contribution in [2.75, 3.05) is 11.1 Å². The molecule has 102 valence electrons. The third-order valence-electron chi connectivity index (χ3n) is 2.48. The minimum Gasteiger partial charge on any atom is -0.301 e. The van der Waals surface area contributed by atoms with Gasteiger partial charge >= 0.3 is 0 Å². The number of para-hydroxylation sites is 1. The molecule has 0 radical (unpaired) electrons. The topological polar surface area (TPSA) is 54.9 Å². The summed E-state index contributed by atoms with van der Waals surface area (Å²) in [5.74, 6) is 1.14. The van der Waals surface area contributed by atoms with Gasteiger partial charge in [-0.05, 0) is 12.1 Å². The number of hydrogen-bond acceptors (Lipinski definition) is 6. The molecule has 0 saturated heterocycles. The zero-order valence-corrected chi connectivity index (χ0v) is 12.9. The Bertz CT molecular complexity index is 676. The third kappa shape index (κ3) is 3.36. The molecule has 0 fully saturated rings. The van der Waals surface area contributed by atoms with Crippen LogP contribution in [0.5, 0.6) is 0 Å². The number of anilines is 1. The van der Waals surface area contributed by atoms with E-state index in [4.69, 9.17) is 0 Å². The smallest absolute Gasteiger partial charge is 0.236 e. The molecule has 3 rings (SSSR count). The van der Waals surface area contributed by atoms with Crippen LogP contribution in [0.25, 0.3) is 10.2 Å². The molecule has 0 aliphatic rings. The van der Waals surface area contributed by atoms with Gasteiger partial charge < -0.3 is 5.32 Å². The Morgan fingerprint density at radius 1 is 1.35 bits per heavy atom. The van der Waals surface area contributed by atoms with Gasteiger partial charge in [-0.3, -0.25) is 4.79 Å². The van der Waals surface area contributed by atoms with Crippen LogP contribution >= 0.6 is 34.4 Å². The van der Waals surface area contributed by atoms with E-state index in [-0.39, 0.29) is 5.91 Å². The van der Waals surface area contributed by atoms with Crippen molar-refractivity contribution < 1.29 is 4.79 Å². The van der Waals surface area contributed by atoms with E-state index in [1.165, 1.54) is 16.0 Å². The summed E-state index contributed by atoms with van der Waals surface area (Å²) < 4.78 is 1.19. The Kier molecular flexibility index (Phi) is 4.29. The van der Waals surface area contributed by atoms with Crippen LogP contribution < -0.4 is 5.32 Å². The molecule has 1 N–H and O–H groups in total. The Hall–Kier alpha value is -1.44. The first-order chi connectivity index (χ1) is 9.81. The van der Waals surface area contributed by atoms with Gasteiger partial charge in [0, 0.05) is 17.3 Å². The summed E-state index contributed by atoms with van der Waals surface area (Å²) in [6.45, 7) is 0. The van der Waals surface area contributed by atoms with E-state index < -0.39 is 0 Å². The minimum absolute atomic E-state index is 0.0222. The Morgan fingerprint density at radius 3 is 3.05 bits per heavy atom. The lowest BCUT2D eigenvalue weighted by Crippen LogP contribution is -2.13. The average molecular weight is 321 g/mol. The number of thiazole rings is 2. The minimum atomic E-state index is -0.0222. The first-order valence-corrected chi connectivity index (χ1v) is 8.78. The van der Waals surface area contributed by atoms with E-state index in [1.807, 2.05) is 23.6 Å². The molecule has 0 spiro atoms. The average Bonchev–Trinajstić information content (AvgIpc) is 3.07. The highest BCUT2D eigenvalue weighted by Crippen LogP contribution is 2.24. The molecule has 2 heterocycles. The number of carbonyl (C=O) groups is 1. The van der Waals surface area contributed by atoms with Crippen molar-refractivity contribution in [1.29, 1.82) is 0 Å². The van der Waals surface area contributed by atoms with Crippen molar-refractivity contribution in [2.45, 2.75) is 5.75 Å². The molecule has 7 heteroatoms. The molecule has 0 bridgehead atoms. The van der Waals surface area contributed by atoms with E-state index >= 15 is 0 Å². The van der Waals surface area contributed by atoms with E-state index in [0.717, 1.165) is 16.3 Å². The van der Waals surface area contributed by atoms with Crippen LogP contribution in [0, 0.1) is 0 Å². The number of nitrogens with one attached hydrogen (secondary N) is 1. The van der Waals surface area contributed by atoms with Crippen molar-refractivity contribution >= 4 is 55.7 Å².